The van der Waals surface area contributed by atoms with Crippen LogP contribution in [0.5, 0.6) is 0 Å². The van der Waals surface area contributed by atoms with Gasteiger partial charge in [0.05, 0.1) is 0 Å². The first kappa shape index (κ1) is 22.0. The van der Waals surface area contributed by atoms with Gasteiger partial charge in [-0.2, -0.15) is 4.57 Å². The molecule has 1 heterocycles. The van der Waals surface area contributed by atoms with E-state index in [1.54, 1.807) is 4.57 Å². The number of nitrogens with zero attached hydrogens (tertiary/aromatic N) is 1. The summed E-state index contributed by atoms with van der Waals surface area (Å²) in [6.07, 6.45) is 3.63. The smallest absolute Gasteiger partial charge is 0.238 e. The second-order valence-electron chi connectivity index (χ2n) is 8.15. The fraction of sp³-hybridized carbons (Fsp3) is 0.200. The van der Waals surface area contributed by atoms with E-state index in [4.69, 9.17) is 23.8 Å². The van der Waals surface area contributed by atoms with Crippen molar-refractivity contribution in [2.45, 2.75) is 33.1 Å². The Bertz CT molecular complexity index is 1080. The largest absolute Gasteiger partial charge is 0.867 e. The molecular formula is C25H25ClN2OS. The van der Waals surface area contributed by atoms with Crippen LogP contribution in [0.15, 0.2) is 73.1 Å². The second kappa shape index (κ2) is 8.99. The Labute approximate surface area is 188 Å². The maximum absolute atomic E-state index is 13.5. The molecule has 0 fully saturated rings. The topological polar surface area (TPSA) is 39.0 Å². The van der Waals surface area contributed by atoms with Gasteiger partial charge < -0.3 is 10.4 Å². The second-order valence-corrected chi connectivity index (χ2v) is 8.97. The van der Waals surface area contributed by atoms with Crippen molar-refractivity contribution in [3.8, 4) is 0 Å². The minimum absolute atomic E-state index is 0.0171. The van der Waals surface area contributed by atoms with Gasteiger partial charge in [-0.1, -0.05) is 81.0 Å². The molecule has 1 N–H and O–H groups in total. The van der Waals surface area contributed by atoms with E-state index in [2.05, 4.69) is 26.1 Å². The van der Waals surface area contributed by atoms with Crippen molar-refractivity contribution in [3.63, 3.8) is 0 Å². The first-order chi connectivity index (χ1) is 14.2. The van der Waals surface area contributed by atoms with E-state index in [-0.39, 0.29) is 11.2 Å². The van der Waals surface area contributed by atoms with Crippen molar-refractivity contribution in [1.29, 1.82) is 0 Å². The van der Waals surface area contributed by atoms with Crippen molar-refractivity contribution in [1.82, 2.24) is 0 Å². The van der Waals surface area contributed by atoms with Crippen LogP contribution >= 0.6 is 23.8 Å². The molecule has 0 saturated heterocycles. The summed E-state index contributed by atoms with van der Waals surface area (Å²) >= 11 is 11.9. The lowest BCUT2D eigenvalue weighted by atomic mass is 9.86. The molecule has 0 radical (unpaired) electrons. The number of hydrogen-bond acceptors (Lipinski definition) is 2. The summed E-state index contributed by atoms with van der Waals surface area (Å²) in [5.74, 6) is -0.149. The molecule has 0 bridgehead atoms. The van der Waals surface area contributed by atoms with Gasteiger partial charge >= 0.3 is 0 Å². The number of nitrogens with one attached hydrogen (secondary N) is 1. The molecule has 0 atom stereocenters. The van der Waals surface area contributed by atoms with E-state index in [1.807, 2.05) is 80.0 Å². The summed E-state index contributed by atoms with van der Waals surface area (Å²) in [6.45, 7) is 8.35. The highest BCUT2D eigenvalue weighted by atomic mass is 35.5. The van der Waals surface area contributed by atoms with E-state index in [1.165, 1.54) is 5.56 Å². The molecule has 3 aromatic rings. The number of anilines is 1. The van der Waals surface area contributed by atoms with E-state index in [9.17, 15) is 5.11 Å². The number of hydrogen-bond donors (Lipinski definition) is 1. The molecule has 1 aromatic heterocycles. The predicted molar refractivity (Wildman–Crippen MR) is 127 cm³/mol. The lowest BCUT2D eigenvalue weighted by Gasteiger charge is -2.21. The highest BCUT2D eigenvalue weighted by Crippen LogP contribution is 2.26. The first-order valence-electron chi connectivity index (χ1n) is 9.74. The van der Waals surface area contributed by atoms with E-state index in [0.717, 1.165) is 11.3 Å². The summed E-state index contributed by atoms with van der Waals surface area (Å²) in [7, 11) is 0. The molecular weight excluding hydrogens is 412 g/mol. The van der Waals surface area contributed by atoms with Crippen LogP contribution in [0.4, 0.5) is 5.69 Å². The SMILES string of the molecule is Cc1c(Cl)cccc1NC(=S)/C(=C(\[O-])c1ccc(C(C)(C)C)cc1)[n+]1ccccc1. The molecule has 0 amide bonds. The minimum atomic E-state index is -0.149. The first-order valence-corrected chi connectivity index (χ1v) is 10.5. The fourth-order valence-corrected chi connectivity index (χ4v) is 3.55. The predicted octanol–water partition coefficient (Wildman–Crippen LogP) is 5.36. The van der Waals surface area contributed by atoms with Crippen LogP contribution in [0.2, 0.25) is 5.02 Å². The van der Waals surface area contributed by atoms with E-state index >= 15 is 0 Å². The Hall–Kier alpha value is -2.69. The number of halogens is 1. The third-order valence-corrected chi connectivity index (χ3v) is 5.64. The van der Waals surface area contributed by atoms with Gasteiger partial charge in [-0.3, -0.25) is 0 Å². The number of thiocarbonyl (C=S) groups is 1. The van der Waals surface area contributed by atoms with Gasteiger partial charge in [0.15, 0.2) is 17.4 Å². The van der Waals surface area contributed by atoms with Crippen LogP contribution in [0.25, 0.3) is 11.5 Å². The van der Waals surface area contributed by atoms with Gasteiger partial charge in [0, 0.05) is 22.8 Å². The molecule has 0 saturated carbocycles. The van der Waals surface area contributed by atoms with Gasteiger partial charge in [-0.25, -0.2) is 0 Å². The number of benzene rings is 2. The molecule has 30 heavy (non-hydrogen) atoms. The number of rotatable bonds is 4. The van der Waals surface area contributed by atoms with E-state index < -0.39 is 0 Å². The van der Waals surface area contributed by atoms with Crippen molar-refractivity contribution in [2.75, 3.05) is 5.32 Å². The van der Waals surface area contributed by atoms with Gasteiger partial charge in [-0.05, 0) is 46.9 Å². The maximum atomic E-state index is 13.5. The summed E-state index contributed by atoms with van der Waals surface area (Å²) in [5, 5.41) is 17.3. The Morgan fingerprint density at radius 3 is 2.20 bits per heavy atom. The molecule has 0 aliphatic rings. The maximum Gasteiger partial charge on any atom is 0.238 e. The molecule has 5 heteroatoms. The van der Waals surface area contributed by atoms with Gasteiger partial charge in [0.25, 0.3) is 0 Å². The van der Waals surface area contributed by atoms with Gasteiger partial charge in [0.2, 0.25) is 5.70 Å². The Balaban J connectivity index is 2.06. The standard InChI is InChI=1S/C25H25ClN2OS/c1-17-20(26)9-8-10-21(17)27-24(30)22(28-15-6-5-7-16-28)23(29)18-11-13-19(14-12-18)25(2,3)4/h5-16H,1-4H3,(H-,27,29,30). The minimum Gasteiger partial charge on any atom is -0.867 e. The lowest BCUT2D eigenvalue weighted by Crippen LogP contribution is -2.39. The molecule has 0 spiro atoms. The molecule has 2 aromatic carbocycles. The number of pyridine rings is 1. The summed E-state index contributed by atoms with van der Waals surface area (Å²) in [6, 6.07) is 18.9. The highest BCUT2D eigenvalue weighted by Gasteiger charge is 2.20. The zero-order valence-corrected chi connectivity index (χ0v) is 19.1. The quantitative estimate of drug-likeness (QED) is 0.259. The Morgan fingerprint density at radius 1 is 0.967 bits per heavy atom. The Kier molecular flexibility index (Phi) is 6.59. The molecule has 3 rings (SSSR count). The van der Waals surface area contributed by atoms with Crippen LogP contribution in [-0.2, 0) is 5.41 Å². The molecule has 0 aliphatic heterocycles. The van der Waals surface area contributed by atoms with Crippen molar-refractivity contribution < 1.29 is 9.67 Å². The van der Waals surface area contributed by atoms with Crippen molar-refractivity contribution in [2.24, 2.45) is 0 Å². The fourth-order valence-electron chi connectivity index (χ4n) is 3.07. The molecule has 0 aliphatic carbocycles. The highest BCUT2D eigenvalue weighted by molar-refractivity contribution is 7.81. The molecule has 3 nitrogen and oxygen atoms in total. The van der Waals surface area contributed by atoms with Crippen LogP contribution in [0, 0.1) is 6.92 Å². The zero-order valence-electron chi connectivity index (χ0n) is 17.6. The third kappa shape index (κ3) is 4.89. The monoisotopic (exact) mass is 436 g/mol. The normalized spacial score (nSPS) is 12.3. The van der Waals surface area contributed by atoms with Gasteiger partial charge in [-0.15, -0.1) is 0 Å². The van der Waals surface area contributed by atoms with Crippen LogP contribution < -0.4 is 15.0 Å². The Morgan fingerprint density at radius 2 is 1.60 bits per heavy atom. The van der Waals surface area contributed by atoms with Crippen LogP contribution in [0.1, 0.15) is 37.5 Å². The summed E-state index contributed by atoms with van der Waals surface area (Å²) < 4.78 is 1.75. The lowest BCUT2D eigenvalue weighted by molar-refractivity contribution is -0.577. The number of aromatic nitrogens is 1. The molecule has 0 unspecified atom stereocenters. The average molecular weight is 437 g/mol. The average Bonchev–Trinajstić information content (AvgIpc) is 2.72. The van der Waals surface area contributed by atoms with Crippen molar-refractivity contribution >= 4 is 46.0 Å². The summed E-state index contributed by atoms with van der Waals surface area (Å²) in [4.78, 5) is 0.335. The van der Waals surface area contributed by atoms with Gasteiger partial charge in [0.1, 0.15) is 0 Å². The van der Waals surface area contributed by atoms with E-state index in [0.29, 0.717) is 21.3 Å². The zero-order chi connectivity index (χ0) is 21.9. The molecule has 154 valence electrons. The third-order valence-electron chi connectivity index (χ3n) is 4.93. The van der Waals surface area contributed by atoms with Crippen LogP contribution in [-0.4, -0.2) is 4.99 Å². The van der Waals surface area contributed by atoms with Crippen molar-refractivity contribution in [3.05, 3.63) is 94.8 Å². The summed E-state index contributed by atoms with van der Waals surface area (Å²) in [5.41, 5.74) is 3.81. The van der Waals surface area contributed by atoms with Crippen LogP contribution in [0.3, 0.4) is 0 Å².